The van der Waals surface area contributed by atoms with E-state index in [-0.39, 0.29) is 5.69 Å². The lowest BCUT2D eigenvalue weighted by Crippen LogP contribution is -2.11. The minimum Gasteiger partial charge on any atom is -0.496 e. The number of carboxylic acids is 1. The van der Waals surface area contributed by atoms with Crippen molar-refractivity contribution in [1.29, 1.82) is 0 Å². The van der Waals surface area contributed by atoms with Crippen LogP contribution in [0.5, 0.6) is 5.75 Å². The fourth-order valence-electron chi connectivity index (χ4n) is 2.21. The van der Waals surface area contributed by atoms with Crippen molar-refractivity contribution in [2.24, 2.45) is 0 Å². The SMILES string of the molecule is COc1cc2cccnc2c2[nH]c(C(=O)O)cc(=O)c12. The Bertz CT molecular complexity index is 899. The third-order valence-corrected chi connectivity index (χ3v) is 3.09. The summed E-state index contributed by atoms with van der Waals surface area (Å²) in [6.45, 7) is 0. The lowest BCUT2D eigenvalue weighted by molar-refractivity contribution is 0.0691. The van der Waals surface area contributed by atoms with Crippen LogP contribution >= 0.6 is 0 Å². The number of carboxylic acid groups (broad SMARTS) is 1. The molecule has 2 aromatic heterocycles. The van der Waals surface area contributed by atoms with Gasteiger partial charge in [-0.25, -0.2) is 4.79 Å². The van der Waals surface area contributed by atoms with Crippen molar-refractivity contribution in [2.75, 3.05) is 7.11 Å². The second-order valence-electron chi connectivity index (χ2n) is 4.26. The van der Waals surface area contributed by atoms with Crippen LogP contribution < -0.4 is 10.2 Å². The van der Waals surface area contributed by atoms with Gasteiger partial charge in [0.25, 0.3) is 0 Å². The Kier molecular flexibility index (Phi) is 2.64. The molecule has 3 rings (SSSR count). The zero-order valence-corrected chi connectivity index (χ0v) is 10.5. The minimum atomic E-state index is -1.20. The van der Waals surface area contributed by atoms with Crippen molar-refractivity contribution in [3.8, 4) is 5.75 Å². The number of carbonyl (C=O) groups is 1. The van der Waals surface area contributed by atoms with Crippen LogP contribution in [0.3, 0.4) is 0 Å². The molecule has 0 aliphatic carbocycles. The molecular weight excluding hydrogens is 260 g/mol. The maximum absolute atomic E-state index is 12.1. The van der Waals surface area contributed by atoms with E-state index in [1.165, 1.54) is 7.11 Å². The zero-order valence-electron chi connectivity index (χ0n) is 10.5. The normalized spacial score (nSPS) is 10.8. The number of ether oxygens (including phenoxy) is 1. The molecule has 20 heavy (non-hydrogen) atoms. The number of H-pyrrole nitrogens is 1. The highest BCUT2D eigenvalue weighted by Crippen LogP contribution is 2.28. The number of methoxy groups -OCH3 is 1. The van der Waals surface area contributed by atoms with Crippen LogP contribution in [-0.2, 0) is 0 Å². The van der Waals surface area contributed by atoms with Crippen LogP contribution in [-0.4, -0.2) is 28.2 Å². The number of hydrogen-bond donors (Lipinski definition) is 2. The molecule has 2 heterocycles. The number of hydrogen-bond acceptors (Lipinski definition) is 4. The number of benzene rings is 1. The molecule has 0 spiro atoms. The van der Waals surface area contributed by atoms with E-state index in [2.05, 4.69) is 9.97 Å². The number of rotatable bonds is 2. The van der Waals surface area contributed by atoms with Crippen LogP contribution in [0.2, 0.25) is 0 Å². The van der Waals surface area contributed by atoms with Crippen molar-refractivity contribution >= 4 is 27.8 Å². The Morgan fingerprint density at radius 2 is 2.20 bits per heavy atom. The molecule has 0 aliphatic heterocycles. The summed E-state index contributed by atoms with van der Waals surface area (Å²) in [5.41, 5.74) is 0.302. The van der Waals surface area contributed by atoms with Crippen LogP contribution in [0.1, 0.15) is 10.5 Å². The Hall–Kier alpha value is -2.89. The lowest BCUT2D eigenvalue weighted by Gasteiger charge is -2.09. The first kappa shape index (κ1) is 12.2. The van der Waals surface area contributed by atoms with E-state index in [0.717, 1.165) is 11.5 Å². The molecule has 0 bridgehead atoms. The third-order valence-electron chi connectivity index (χ3n) is 3.09. The Balaban J connectivity index is 2.59. The van der Waals surface area contributed by atoms with E-state index in [1.807, 2.05) is 6.07 Å². The van der Waals surface area contributed by atoms with Crippen LogP contribution in [0.25, 0.3) is 21.8 Å². The lowest BCUT2D eigenvalue weighted by atomic mass is 10.1. The van der Waals surface area contributed by atoms with Gasteiger partial charge in [-0.15, -0.1) is 0 Å². The summed E-state index contributed by atoms with van der Waals surface area (Å²) < 4.78 is 5.22. The summed E-state index contributed by atoms with van der Waals surface area (Å²) >= 11 is 0. The molecule has 0 aliphatic rings. The Morgan fingerprint density at radius 1 is 1.40 bits per heavy atom. The summed E-state index contributed by atoms with van der Waals surface area (Å²) in [6.07, 6.45) is 1.58. The fourth-order valence-corrected chi connectivity index (χ4v) is 2.21. The predicted octanol–water partition coefficient (Wildman–Crippen LogP) is 1.78. The van der Waals surface area contributed by atoms with Crippen molar-refractivity contribution in [1.82, 2.24) is 9.97 Å². The van der Waals surface area contributed by atoms with Crippen LogP contribution in [0.4, 0.5) is 0 Å². The second-order valence-corrected chi connectivity index (χ2v) is 4.26. The summed E-state index contributed by atoms with van der Waals surface area (Å²) in [5.74, 6) is -0.811. The highest BCUT2D eigenvalue weighted by molar-refractivity contribution is 6.07. The summed E-state index contributed by atoms with van der Waals surface area (Å²) in [4.78, 5) is 30.2. The highest BCUT2D eigenvalue weighted by atomic mass is 16.5. The average Bonchev–Trinajstić information content (AvgIpc) is 2.45. The first-order valence-electron chi connectivity index (χ1n) is 5.84. The van der Waals surface area contributed by atoms with Gasteiger partial charge in [-0.05, 0) is 12.1 Å². The van der Waals surface area contributed by atoms with E-state index in [1.54, 1.807) is 18.3 Å². The smallest absolute Gasteiger partial charge is 0.352 e. The van der Waals surface area contributed by atoms with Gasteiger partial charge in [0.1, 0.15) is 11.4 Å². The van der Waals surface area contributed by atoms with Gasteiger partial charge < -0.3 is 14.8 Å². The number of pyridine rings is 2. The quantitative estimate of drug-likeness (QED) is 0.692. The summed E-state index contributed by atoms with van der Waals surface area (Å²) in [5, 5.41) is 10.1. The molecule has 0 amide bonds. The Morgan fingerprint density at radius 3 is 2.90 bits per heavy atom. The first-order chi connectivity index (χ1) is 9.61. The molecule has 2 N–H and O–H groups in total. The number of nitrogens with zero attached hydrogens (tertiary/aromatic N) is 1. The second kappa shape index (κ2) is 4.34. The van der Waals surface area contributed by atoms with Gasteiger partial charge in [-0.1, -0.05) is 6.07 Å². The monoisotopic (exact) mass is 270 g/mol. The van der Waals surface area contributed by atoms with Gasteiger partial charge in [0.15, 0.2) is 5.43 Å². The van der Waals surface area contributed by atoms with Crippen molar-refractivity contribution in [3.05, 3.63) is 46.4 Å². The van der Waals surface area contributed by atoms with Crippen molar-refractivity contribution in [3.63, 3.8) is 0 Å². The van der Waals surface area contributed by atoms with Gasteiger partial charge in [0.2, 0.25) is 0 Å². The molecule has 0 fully saturated rings. The number of nitrogens with one attached hydrogen (secondary N) is 1. The molecular formula is C14H10N2O4. The molecule has 0 unspecified atom stereocenters. The number of aromatic nitrogens is 2. The number of aromatic amines is 1. The maximum atomic E-state index is 12.1. The topological polar surface area (TPSA) is 92.3 Å². The van der Waals surface area contributed by atoms with Crippen molar-refractivity contribution < 1.29 is 14.6 Å². The van der Waals surface area contributed by atoms with Gasteiger partial charge in [0.05, 0.1) is 23.5 Å². The zero-order chi connectivity index (χ0) is 14.3. The fraction of sp³-hybridized carbons (Fsp3) is 0.0714. The van der Waals surface area contributed by atoms with E-state index < -0.39 is 11.4 Å². The van der Waals surface area contributed by atoms with E-state index in [4.69, 9.17) is 9.84 Å². The summed E-state index contributed by atoms with van der Waals surface area (Å²) in [6, 6.07) is 6.32. The van der Waals surface area contributed by atoms with Gasteiger partial charge in [-0.2, -0.15) is 0 Å². The minimum absolute atomic E-state index is 0.178. The predicted molar refractivity (Wildman–Crippen MR) is 73.4 cm³/mol. The number of aromatic carboxylic acids is 1. The maximum Gasteiger partial charge on any atom is 0.352 e. The van der Waals surface area contributed by atoms with Gasteiger partial charge in [0, 0.05) is 17.6 Å². The molecule has 0 atom stereocenters. The van der Waals surface area contributed by atoms with Gasteiger partial charge >= 0.3 is 5.97 Å². The molecule has 0 radical (unpaired) electrons. The molecule has 3 aromatic rings. The van der Waals surface area contributed by atoms with E-state index in [0.29, 0.717) is 22.2 Å². The standard InChI is InChI=1S/C14H10N2O4/c1-20-10-5-7-3-2-4-15-12(7)13-11(10)9(17)6-8(16-13)14(18)19/h2-6H,1H3,(H,16,17)(H,18,19). The molecule has 0 saturated heterocycles. The third kappa shape index (κ3) is 1.70. The molecule has 6 nitrogen and oxygen atoms in total. The van der Waals surface area contributed by atoms with Crippen LogP contribution in [0.15, 0.2) is 35.3 Å². The molecule has 6 heteroatoms. The highest BCUT2D eigenvalue weighted by Gasteiger charge is 2.15. The van der Waals surface area contributed by atoms with Gasteiger partial charge in [-0.3, -0.25) is 9.78 Å². The Labute approximate surface area is 112 Å². The molecule has 100 valence electrons. The van der Waals surface area contributed by atoms with E-state index in [9.17, 15) is 9.59 Å². The molecule has 1 aromatic carbocycles. The number of fused-ring (bicyclic) bond motifs is 3. The molecule has 0 saturated carbocycles. The van der Waals surface area contributed by atoms with Crippen molar-refractivity contribution in [2.45, 2.75) is 0 Å². The first-order valence-corrected chi connectivity index (χ1v) is 5.84. The van der Waals surface area contributed by atoms with E-state index >= 15 is 0 Å². The average molecular weight is 270 g/mol. The summed E-state index contributed by atoms with van der Waals surface area (Å²) in [7, 11) is 1.46. The van der Waals surface area contributed by atoms with Crippen LogP contribution in [0, 0.1) is 0 Å². The largest absolute Gasteiger partial charge is 0.496 e.